The quantitative estimate of drug-likeness (QED) is 0.559. The van der Waals surface area contributed by atoms with Gasteiger partial charge in [0.05, 0.1) is 16.6 Å². The molecule has 1 aromatic heterocycles. The van der Waals surface area contributed by atoms with E-state index in [1.165, 1.54) is 4.90 Å². The van der Waals surface area contributed by atoms with E-state index in [1.807, 2.05) is 38.1 Å². The molecule has 0 radical (unpaired) electrons. The molecule has 3 heterocycles. The van der Waals surface area contributed by atoms with Gasteiger partial charge >= 0.3 is 0 Å². The number of anilines is 1. The molecule has 0 unspecified atom stereocenters. The maximum atomic E-state index is 14.0. The van der Waals surface area contributed by atoms with Crippen molar-refractivity contribution in [2.24, 2.45) is 0 Å². The largest absolute Gasteiger partial charge is 0.450 e. The predicted octanol–water partition coefficient (Wildman–Crippen LogP) is 3.29. The lowest BCUT2D eigenvalue weighted by Crippen LogP contribution is -2.53. The van der Waals surface area contributed by atoms with E-state index in [0.717, 1.165) is 0 Å². The van der Waals surface area contributed by atoms with E-state index in [-0.39, 0.29) is 29.2 Å². The second kappa shape index (κ2) is 7.60. The van der Waals surface area contributed by atoms with E-state index < -0.39 is 11.4 Å². The number of amides is 2. The number of nitrogens with zero attached hydrogens (tertiary/aromatic N) is 2. The molecule has 7 heteroatoms. The smallest absolute Gasteiger partial charge is 0.291 e. The van der Waals surface area contributed by atoms with Gasteiger partial charge in [-0.2, -0.15) is 0 Å². The molecule has 0 saturated carbocycles. The van der Waals surface area contributed by atoms with Crippen LogP contribution in [0.3, 0.4) is 0 Å². The van der Waals surface area contributed by atoms with Crippen LogP contribution in [0.15, 0.2) is 57.7 Å². The molecule has 7 nitrogen and oxygen atoms in total. The number of fused-ring (bicyclic) bond motifs is 5. The molecule has 2 aliphatic rings. The van der Waals surface area contributed by atoms with Gasteiger partial charge in [0.15, 0.2) is 11.0 Å². The summed E-state index contributed by atoms with van der Waals surface area (Å²) in [6.45, 7) is 5.48. The fraction of sp³-hybridized carbons (Fsp3) is 0.320. The molecule has 0 saturated heterocycles. The molecular formula is C25H24N2O5. The summed E-state index contributed by atoms with van der Waals surface area (Å²) in [4.78, 5) is 44.6. The van der Waals surface area contributed by atoms with Crippen molar-refractivity contribution in [2.75, 3.05) is 31.2 Å². The summed E-state index contributed by atoms with van der Waals surface area (Å²) in [6.07, 6.45) is 0.532. The zero-order valence-electron chi connectivity index (χ0n) is 18.1. The number of hydrogen-bond donors (Lipinski definition) is 0. The molecule has 5 rings (SSSR count). The van der Waals surface area contributed by atoms with Crippen molar-refractivity contribution in [2.45, 2.75) is 25.8 Å². The highest BCUT2D eigenvalue weighted by Crippen LogP contribution is 2.52. The molecule has 0 bridgehead atoms. The first-order valence-electron chi connectivity index (χ1n) is 10.9. The molecule has 32 heavy (non-hydrogen) atoms. The molecule has 0 N–H and O–H groups in total. The van der Waals surface area contributed by atoms with Gasteiger partial charge in [-0.1, -0.05) is 30.3 Å². The molecule has 2 aromatic carbocycles. The molecule has 164 valence electrons. The van der Waals surface area contributed by atoms with E-state index in [2.05, 4.69) is 0 Å². The Hall–Kier alpha value is -3.45. The van der Waals surface area contributed by atoms with E-state index >= 15 is 0 Å². The summed E-state index contributed by atoms with van der Waals surface area (Å²) in [7, 11) is 0. The van der Waals surface area contributed by atoms with Crippen LogP contribution >= 0.6 is 0 Å². The molecule has 2 aliphatic heterocycles. The van der Waals surface area contributed by atoms with Crippen LogP contribution in [0.1, 0.15) is 41.9 Å². The van der Waals surface area contributed by atoms with Gasteiger partial charge in [-0.25, -0.2) is 0 Å². The predicted molar refractivity (Wildman–Crippen MR) is 120 cm³/mol. The third-order valence-corrected chi connectivity index (χ3v) is 6.33. The van der Waals surface area contributed by atoms with Gasteiger partial charge in [-0.3, -0.25) is 14.4 Å². The van der Waals surface area contributed by atoms with E-state index in [1.54, 1.807) is 29.2 Å². The van der Waals surface area contributed by atoms with Crippen LogP contribution in [0.2, 0.25) is 0 Å². The second-order valence-electron chi connectivity index (χ2n) is 7.92. The van der Waals surface area contributed by atoms with Crippen molar-refractivity contribution >= 4 is 28.5 Å². The monoisotopic (exact) mass is 432 g/mol. The van der Waals surface area contributed by atoms with Crippen molar-refractivity contribution in [1.82, 2.24) is 4.90 Å². The Morgan fingerprint density at radius 1 is 1.00 bits per heavy atom. The lowest BCUT2D eigenvalue weighted by molar-refractivity contribution is -0.126. The number of carbonyl (C=O) groups excluding carboxylic acids is 2. The minimum Gasteiger partial charge on any atom is -0.450 e. The lowest BCUT2D eigenvalue weighted by atomic mass is 9.84. The third-order valence-electron chi connectivity index (χ3n) is 6.33. The van der Waals surface area contributed by atoms with Crippen LogP contribution in [0.4, 0.5) is 5.69 Å². The van der Waals surface area contributed by atoms with Crippen LogP contribution in [-0.2, 0) is 15.1 Å². The van der Waals surface area contributed by atoms with Crippen molar-refractivity contribution in [3.63, 3.8) is 0 Å². The van der Waals surface area contributed by atoms with Gasteiger partial charge in [0.2, 0.25) is 5.76 Å². The number of likely N-dealkylation sites (N-methyl/N-ethyl adjacent to an activating group) is 1. The molecular weight excluding hydrogens is 408 g/mol. The van der Waals surface area contributed by atoms with Crippen molar-refractivity contribution in [3.8, 4) is 0 Å². The highest BCUT2D eigenvalue weighted by Gasteiger charge is 2.64. The molecule has 1 spiro atoms. The first-order chi connectivity index (χ1) is 15.6. The van der Waals surface area contributed by atoms with Crippen LogP contribution in [0, 0.1) is 0 Å². The number of hydrogen-bond acceptors (Lipinski definition) is 5. The number of rotatable bonds is 6. The molecule has 0 fully saturated rings. The maximum Gasteiger partial charge on any atom is 0.291 e. The fourth-order valence-electron chi connectivity index (χ4n) is 5.02. The van der Waals surface area contributed by atoms with Gasteiger partial charge in [-0.15, -0.1) is 0 Å². The molecule has 1 atom stereocenters. The van der Waals surface area contributed by atoms with Crippen molar-refractivity contribution in [1.29, 1.82) is 0 Å². The Morgan fingerprint density at radius 3 is 2.53 bits per heavy atom. The summed E-state index contributed by atoms with van der Waals surface area (Å²) in [6, 6.07) is 14.2. The van der Waals surface area contributed by atoms with Crippen LogP contribution < -0.4 is 10.3 Å². The van der Waals surface area contributed by atoms with E-state index in [4.69, 9.17) is 9.15 Å². The first kappa shape index (κ1) is 20.5. The number of para-hydroxylation sites is 2. The molecule has 3 aromatic rings. The van der Waals surface area contributed by atoms with Gasteiger partial charge < -0.3 is 19.0 Å². The first-order valence-corrected chi connectivity index (χ1v) is 10.9. The zero-order valence-corrected chi connectivity index (χ0v) is 18.1. The van der Waals surface area contributed by atoms with Gasteiger partial charge in [0, 0.05) is 31.9 Å². The second-order valence-corrected chi connectivity index (χ2v) is 7.92. The zero-order chi connectivity index (χ0) is 22.5. The summed E-state index contributed by atoms with van der Waals surface area (Å²) in [5.41, 5.74) is -0.0758. The van der Waals surface area contributed by atoms with Crippen LogP contribution in [-0.4, -0.2) is 43.0 Å². The SMILES string of the molecule is CCOCCCN1C(=O)c2oc3ccccc3c(=O)c2[C@]12C(=O)N(CC)c1ccccc12. The summed E-state index contributed by atoms with van der Waals surface area (Å²) in [5, 5.41) is 0.356. The van der Waals surface area contributed by atoms with Crippen LogP contribution in [0.25, 0.3) is 11.0 Å². The topological polar surface area (TPSA) is 80.1 Å². The minimum absolute atomic E-state index is 0.0498. The van der Waals surface area contributed by atoms with Crippen molar-refractivity contribution in [3.05, 3.63) is 75.6 Å². The lowest BCUT2D eigenvalue weighted by Gasteiger charge is -2.34. The van der Waals surface area contributed by atoms with Crippen molar-refractivity contribution < 1.29 is 18.7 Å². The average Bonchev–Trinajstić information content (AvgIpc) is 3.21. The third kappa shape index (κ3) is 2.54. The average molecular weight is 432 g/mol. The maximum absolute atomic E-state index is 14.0. The fourth-order valence-corrected chi connectivity index (χ4v) is 5.02. The minimum atomic E-state index is -1.53. The Balaban J connectivity index is 1.81. The van der Waals surface area contributed by atoms with E-state index in [9.17, 15) is 14.4 Å². The molecule has 0 aliphatic carbocycles. The Labute approximate surface area is 185 Å². The number of benzene rings is 2. The molecule has 2 amide bonds. The van der Waals surface area contributed by atoms with Gasteiger partial charge in [0.1, 0.15) is 5.58 Å². The highest BCUT2D eigenvalue weighted by atomic mass is 16.5. The van der Waals surface area contributed by atoms with E-state index in [0.29, 0.717) is 48.4 Å². The summed E-state index contributed by atoms with van der Waals surface area (Å²) >= 11 is 0. The Morgan fingerprint density at radius 2 is 1.75 bits per heavy atom. The van der Waals surface area contributed by atoms with Crippen LogP contribution in [0.5, 0.6) is 0 Å². The Bertz CT molecular complexity index is 1300. The number of carbonyl (C=O) groups is 2. The summed E-state index contributed by atoms with van der Waals surface area (Å²) in [5.74, 6) is -0.793. The highest BCUT2D eigenvalue weighted by molar-refractivity contribution is 6.17. The normalized spacial score (nSPS) is 19.3. The van der Waals surface area contributed by atoms with Gasteiger partial charge in [-0.05, 0) is 38.5 Å². The van der Waals surface area contributed by atoms with Gasteiger partial charge in [0.25, 0.3) is 11.8 Å². The number of ether oxygens (including phenoxy) is 1. The Kier molecular flexibility index (Phi) is 4.86. The standard InChI is InChI=1S/C25H24N2O5/c1-3-26-18-12-7-6-11-17(18)25(24(26)30)20-21(28)16-10-5-8-13-19(16)32-22(20)23(29)27(25)14-9-15-31-4-2/h5-8,10-13H,3-4,9,14-15H2,1-2H3/t25-/m1/s1. The summed E-state index contributed by atoms with van der Waals surface area (Å²) < 4.78 is 11.4.